The minimum atomic E-state index is -1.19. The van der Waals surface area contributed by atoms with Gasteiger partial charge in [-0.05, 0) is 13.8 Å². The van der Waals surface area contributed by atoms with Crippen molar-refractivity contribution in [3.8, 4) is 0 Å². The molecular weight excluding hydrogens is 374 g/mol. The van der Waals surface area contributed by atoms with Crippen LogP contribution in [0.25, 0.3) is 22.2 Å². The first-order valence-electron chi connectivity index (χ1n) is 7.69. The van der Waals surface area contributed by atoms with Crippen LogP contribution in [-0.4, -0.2) is 36.9 Å². The molecule has 0 unspecified atom stereocenters. The third-order valence-electron chi connectivity index (χ3n) is 3.80. The van der Waals surface area contributed by atoms with Gasteiger partial charge in [-0.3, -0.25) is 14.4 Å². The SMILES string of the molecule is Cc1oc2nc[nH]c(=O)c2c1C(=O)O.Cc1oc2nc[nH]c(=O)c2c1C(N)=O. The average Bonchev–Trinajstić information content (AvgIpc) is 3.13. The molecule has 0 saturated heterocycles. The maximum absolute atomic E-state index is 11.4. The molecule has 0 saturated carbocycles. The highest BCUT2D eigenvalue weighted by Gasteiger charge is 2.20. The van der Waals surface area contributed by atoms with Crippen molar-refractivity contribution in [2.45, 2.75) is 13.8 Å². The van der Waals surface area contributed by atoms with Gasteiger partial charge in [0.05, 0.1) is 18.2 Å². The summed E-state index contributed by atoms with van der Waals surface area (Å²) in [4.78, 5) is 56.6. The van der Waals surface area contributed by atoms with Crippen molar-refractivity contribution in [1.29, 1.82) is 0 Å². The molecule has 4 heterocycles. The van der Waals surface area contributed by atoms with E-state index in [-0.39, 0.29) is 39.1 Å². The number of hydrogen-bond acceptors (Lipinski definition) is 8. The molecular formula is C16H13N5O7. The summed E-state index contributed by atoms with van der Waals surface area (Å²) in [6.45, 7) is 3.03. The number of carbonyl (C=O) groups is 2. The summed E-state index contributed by atoms with van der Waals surface area (Å²) in [6, 6.07) is 0. The van der Waals surface area contributed by atoms with E-state index in [0.29, 0.717) is 5.76 Å². The molecule has 0 aliphatic carbocycles. The maximum atomic E-state index is 11.4. The summed E-state index contributed by atoms with van der Waals surface area (Å²) >= 11 is 0. The second-order valence-corrected chi connectivity index (χ2v) is 5.56. The molecule has 0 spiro atoms. The van der Waals surface area contributed by atoms with Crippen LogP contribution in [-0.2, 0) is 0 Å². The minimum Gasteiger partial charge on any atom is -0.478 e. The Labute approximate surface area is 154 Å². The van der Waals surface area contributed by atoms with Gasteiger partial charge in [-0.25, -0.2) is 14.8 Å². The molecule has 5 N–H and O–H groups in total. The minimum absolute atomic E-state index is 0.0162. The third-order valence-corrected chi connectivity index (χ3v) is 3.80. The predicted octanol–water partition coefficient (Wildman–Crippen LogP) is 0.446. The van der Waals surface area contributed by atoms with Gasteiger partial charge in [0.15, 0.2) is 0 Å². The van der Waals surface area contributed by atoms with Gasteiger partial charge in [-0.15, -0.1) is 0 Å². The first-order chi connectivity index (χ1) is 13.2. The van der Waals surface area contributed by atoms with Crippen molar-refractivity contribution in [3.05, 3.63) is 56.0 Å². The molecule has 144 valence electrons. The number of furan rings is 2. The molecule has 0 radical (unpaired) electrons. The normalized spacial score (nSPS) is 10.6. The zero-order chi connectivity index (χ0) is 20.6. The monoisotopic (exact) mass is 387 g/mol. The lowest BCUT2D eigenvalue weighted by Crippen LogP contribution is -2.15. The fourth-order valence-corrected chi connectivity index (χ4v) is 2.66. The summed E-state index contributed by atoms with van der Waals surface area (Å²) < 4.78 is 10.1. The Bertz CT molecular complexity index is 1240. The molecule has 4 aromatic rings. The van der Waals surface area contributed by atoms with E-state index in [2.05, 4.69) is 19.9 Å². The van der Waals surface area contributed by atoms with Gasteiger partial charge in [0.1, 0.15) is 27.9 Å². The number of carboxylic acid groups (broad SMARTS) is 1. The number of H-pyrrole nitrogens is 2. The quantitative estimate of drug-likeness (QED) is 0.377. The Morgan fingerprint density at radius 1 is 0.929 bits per heavy atom. The molecule has 12 heteroatoms. The fourth-order valence-electron chi connectivity index (χ4n) is 2.66. The predicted molar refractivity (Wildman–Crippen MR) is 94.2 cm³/mol. The zero-order valence-electron chi connectivity index (χ0n) is 14.5. The number of amides is 1. The topological polar surface area (TPSA) is 198 Å². The van der Waals surface area contributed by atoms with Crippen molar-refractivity contribution >= 4 is 34.1 Å². The van der Waals surface area contributed by atoms with E-state index < -0.39 is 23.0 Å². The van der Waals surface area contributed by atoms with Crippen LogP contribution in [0.2, 0.25) is 0 Å². The number of aryl methyl sites for hydroxylation is 2. The number of nitrogens with one attached hydrogen (secondary N) is 2. The lowest BCUT2D eigenvalue weighted by atomic mass is 10.2. The summed E-state index contributed by atoms with van der Waals surface area (Å²) in [7, 11) is 0. The molecule has 0 aliphatic rings. The van der Waals surface area contributed by atoms with Gasteiger partial charge >= 0.3 is 5.97 Å². The fraction of sp³-hybridized carbons (Fsp3) is 0.125. The second-order valence-electron chi connectivity index (χ2n) is 5.56. The smallest absolute Gasteiger partial charge is 0.340 e. The summed E-state index contributed by atoms with van der Waals surface area (Å²) in [6.07, 6.45) is 2.37. The van der Waals surface area contributed by atoms with E-state index >= 15 is 0 Å². The standard InChI is InChI=1S/C8H7N3O3.C8H6N2O4/c1-3-4(6(9)12)5-7(13)10-2-11-8(5)14-3;1-3-4(8(12)13)5-6(11)9-2-10-7(5)14-3/h2H,1H3,(H2,9,12)(H,10,11,13);2H,1H3,(H,12,13)(H,9,10,11). The van der Waals surface area contributed by atoms with E-state index in [0.717, 1.165) is 0 Å². The molecule has 0 aromatic carbocycles. The first-order valence-corrected chi connectivity index (χ1v) is 7.69. The highest BCUT2D eigenvalue weighted by Crippen LogP contribution is 2.20. The number of nitrogens with zero attached hydrogens (tertiary/aromatic N) is 2. The third kappa shape index (κ3) is 3.02. The van der Waals surface area contributed by atoms with Crippen LogP contribution in [0, 0.1) is 13.8 Å². The summed E-state index contributed by atoms with van der Waals surface area (Å²) in [5.41, 5.74) is 4.31. The van der Waals surface area contributed by atoms with E-state index in [4.69, 9.17) is 19.7 Å². The Balaban J connectivity index is 0.000000161. The van der Waals surface area contributed by atoms with Gasteiger partial charge in [0.25, 0.3) is 17.0 Å². The number of aromatic nitrogens is 4. The number of carboxylic acids is 1. The number of rotatable bonds is 2. The molecule has 12 nitrogen and oxygen atoms in total. The molecule has 0 fully saturated rings. The number of nitrogens with two attached hydrogens (primary N) is 1. The van der Waals surface area contributed by atoms with Crippen molar-refractivity contribution in [2.24, 2.45) is 5.73 Å². The van der Waals surface area contributed by atoms with E-state index in [1.807, 2.05) is 0 Å². The Kier molecular flexibility index (Phi) is 4.53. The molecule has 4 aromatic heterocycles. The van der Waals surface area contributed by atoms with Gasteiger partial charge in [-0.1, -0.05) is 0 Å². The van der Waals surface area contributed by atoms with Crippen LogP contribution in [0.1, 0.15) is 32.2 Å². The molecule has 1 amide bonds. The van der Waals surface area contributed by atoms with Gasteiger partial charge in [0, 0.05) is 0 Å². The van der Waals surface area contributed by atoms with Crippen LogP contribution in [0.15, 0.2) is 31.1 Å². The van der Waals surface area contributed by atoms with E-state index in [1.54, 1.807) is 6.92 Å². The Morgan fingerprint density at radius 2 is 1.36 bits per heavy atom. The highest BCUT2D eigenvalue weighted by molar-refractivity contribution is 6.05. The summed E-state index contributed by atoms with van der Waals surface area (Å²) in [5, 5.41) is 8.93. The van der Waals surface area contributed by atoms with E-state index in [1.165, 1.54) is 19.6 Å². The van der Waals surface area contributed by atoms with Crippen LogP contribution in [0.4, 0.5) is 0 Å². The summed E-state index contributed by atoms with van der Waals surface area (Å²) in [5.74, 6) is -1.41. The molecule has 0 aliphatic heterocycles. The Hall–Kier alpha value is -4.22. The number of carbonyl (C=O) groups excluding carboxylic acids is 1. The number of primary amides is 1. The highest BCUT2D eigenvalue weighted by atomic mass is 16.4. The van der Waals surface area contributed by atoms with Crippen LogP contribution < -0.4 is 16.9 Å². The van der Waals surface area contributed by atoms with E-state index in [9.17, 15) is 19.2 Å². The first kappa shape index (κ1) is 18.6. The Morgan fingerprint density at radius 3 is 1.79 bits per heavy atom. The van der Waals surface area contributed by atoms with Crippen LogP contribution in [0.5, 0.6) is 0 Å². The number of aromatic carboxylic acids is 1. The second kappa shape index (κ2) is 6.83. The van der Waals surface area contributed by atoms with Gasteiger partial charge in [0.2, 0.25) is 11.4 Å². The number of aromatic amines is 2. The lowest BCUT2D eigenvalue weighted by Gasteiger charge is -1.89. The molecule has 0 atom stereocenters. The zero-order valence-corrected chi connectivity index (χ0v) is 14.5. The molecule has 4 rings (SSSR count). The maximum Gasteiger partial charge on any atom is 0.340 e. The van der Waals surface area contributed by atoms with Crippen LogP contribution >= 0.6 is 0 Å². The average molecular weight is 387 g/mol. The van der Waals surface area contributed by atoms with Gasteiger partial charge < -0.3 is 29.6 Å². The van der Waals surface area contributed by atoms with Gasteiger partial charge in [-0.2, -0.15) is 0 Å². The van der Waals surface area contributed by atoms with Crippen molar-refractivity contribution in [1.82, 2.24) is 19.9 Å². The van der Waals surface area contributed by atoms with Crippen molar-refractivity contribution in [2.75, 3.05) is 0 Å². The van der Waals surface area contributed by atoms with Crippen molar-refractivity contribution < 1.29 is 23.5 Å². The number of fused-ring (bicyclic) bond motifs is 2. The van der Waals surface area contributed by atoms with Crippen molar-refractivity contribution in [3.63, 3.8) is 0 Å². The lowest BCUT2D eigenvalue weighted by molar-refractivity contribution is 0.0696. The molecule has 0 bridgehead atoms. The van der Waals surface area contributed by atoms with Crippen LogP contribution in [0.3, 0.4) is 0 Å². The number of hydrogen-bond donors (Lipinski definition) is 4. The molecule has 28 heavy (non-hydrogen) atoms. The largest absolute Gasteiger partial charge is 0.478 e.